The Bertz CT molecular complexity index is 690. The molecule has 2 aliphatic heterocycles. The number of hydrogen-bond donors (Lipinski definition) is 0. The van der Waals surface area contributed by atoms with Crippen LogP contribution in [0.15, 0.2) is 12.1 Å². The minimum atomic E-state index is -0.115. The van der Waals surface area contributed by atoms with Crippen molar-refractivity contribution in [3.8, 4) is 11.5 Å². The first-order valence-electron chi connectivity index (χ1n) is 9.39. The third kappa shape index (κ3) is 3.09. The van der Waals surface area contributed by atoms with Crippen molar-refractivity contribution in [3.05, 3.63) is 23.2 Å². The van der Waals surface area contributed by atoms with Gasteiger partial charge in [0.05, 0.1) is 17.0 Å². The summed E-state index contributed by atoms with van der Waals surface area (Å²) < 4.78 is 27.7. The van der Waals surface area contributed by atoms with Crippen molar-refractivity contribution in [1.29, 1.82) is 0 Å². The molecule has 23 heavy (non-hydrogen) atoms. The maximum absolute atomic E-state index is 12.7. The quantitative estimate of drug-likeness (QED) is 0.854. The van der Waals surface area contributed by atoms with Crippen LogP contribution in [0, 0.1) is 11.8 Å². The Kier molecular flexibility index (Phi) is 3.93. The molecule has 1 aromatic rings. The molecule has 1 fully saturated rings. The van der Waals surface area contributed by atoms with Crippen LogP contribution in [0.5, 0.6) is 11.5 Å². The van der Waals surface area contributed by atoms with E-state index in [1.807, 2.05) is 0 Å². The highest BCUT2D eigenvalue weighted by Crippen LogP contribution is 2.42. The second kappa shape index (κ2) is 6.52. The molecule has 0 amide bonds. The zero-order valence-corrected chi connectivity index (χ0v) is 14.4. The van der Waals surface area contributed by atoms with E-state index in [4.69, 9.17) is 12.2 Å². The van der Waals surface area contributed by atoms with E-state index in [1.54, 1.807) is 0 Å². The van der Waals surface area contributed by atoms with E-state index in [9.17, 15) is 4.79 Å². The molecular formula is C19H27NO3. The van der Waals surface area contributed by atoms with Crippen molar-refractivity contribution in [2.45, 2.75) is 39.2 Å². The SMILES string of the molecule is [2H]c1c2c(c([2H])c(OC)c1OC)C1CC(=O)C(CC(C)C)CN1CC2. The van der Waals surface area contributed by atoms with Crippen molar-refractivity contribution in [3.63, 3.8) is 0 Å². The maximum atomic E-state index is 12.7. The predicted molar refractivity (Wildman–Crippen MR) is 90.1 cm³/mol. The molecule has 126 valence electrons. The van der Waals surface area contributed by atoms with E-state index in [0.29, 0.717) is 36.3 Å². The summed E-state index contributed by atoms with van der Waals surface area (Å²) in [6.07, 6.45) is 2.04. The minimum Gasteiger partial charge on any atom is -0.493 e. The molecular weight excluding hydrogens is 290 g/mol. The van der Waals surface area contributed by atoms with E-state index in [-0.39, 0.29) is 23.8 Å². The van der Waals surface area contributed by atoms with Crippen molar-refractivity contribution in [2.24, 2.45) is 11.8 Å². The van der Waals surface area contributed by atoms with E-state index >= 15 is 0 Å². The number of benzene rings is 1. The average Bonchev–Trinajstić information content (AvgIpc) is 2.57. The van der Waals surface area contributed by atoms with Crippen LogP contribution in [0.2, 0.25) is 0 Å². The second-order valence-corrected chi connectivity index (χ2v) is 6.97. The summed E-state index contributed by atoms with van der Waals surface area (Å²) in [5.41, 5.74) is 1.62. The molecule has 0 spiro atoms. The number of rotatable bonds is 4. The van der Waals surface area contributed by atoms with Gasteiger partial charge in [-0.25, -0.2) is 0 Å². The van der Waals surface area contributed by atoms with Gasteiger partial charge in [0, 0.05) is 31.5 Å². The van der Waals surface area contributed by atoms with Crippen LogP contribution in [0.3, 0.4) is 0 Å². The number of carbonyl (C=O) groups excluding carboxylic acids is 1. The Morgan fingerprint density at radius 2 is 2.00 bits per heavy atom. The van der Waals surface area contributed by atoms with Crippen LogP contribution in [-0.2, 0) is 11.2 Å². The third-order valence-corrected chi connectivity index (χ3v) is 4.94. The van der Waals surface area contributed by atoms with Gasteiger partial charge in [0.15, 0.2) is 11.5 Å². The number of nitrogens with zero attached hydrogens (tertiary/aromatic N) is 1. The summed E-state index contributed by atoms with van der Waals surface area (Å²) in [5.74, 6) is 1.48. The Morgan fingerprint density at radius 3 is 2.65 bits per heavy atom. The number of piperidine rings is 1. The molecule has 2 aliphatic rings. The molecule has 2 atom stereocenters. The van der Waals surface area contributed by atoms with Crippen LogP contribution >= 0.6 is 0 Å². The second-order valence-electron chi connectivity index (χ2n) is 6.97. The molecule has 3 rings (SSSR count). The zero-order valence-electron chi connectivity index (χ0n) is 16.4. The van der Waals surface area contributed by atoms with Gasteiger partial charge in [-0.05, 0) is 42.0 Å². The van der Waals surface area contributed by atoms with Crippen molar-refractivity contribution < 1.29 is 17.0 Å². The maximum Gasteiger partial charge on any atom is 0.161 e. The number of ether oxygens (including phenoxy) is 2. The summed E-state index contributed by atoms with van der Waals surface area (Å²) in [4.78, 5) is 15.0. The number of fused-ring (bicyclic) bond motifs is 3. The first-order chi connectivity index (χ1) is 11.9. The molecule has 0 N–H and O–H groups in total. The topological polar surface area (TPSA) is 38.8 Å². The van der Waals surface area contributed by atoms with Crippen LogP contribution in [0.1, 0.15) is 46.6 Å². The van der Waals surface area contributed by atoms with Crippen LogP contribution in [0.4, 0.5) is 0 Å². The summed E-state index contributed by atoms with van der Waals surface area (Å²) in [6, 6.07) is 0.438. The lowest BCUT2D eigenvalue weighted by Gasteiger charge is -2.43. The molecule has 0 saturated carbocycles. The molecule has 0 radical (unpaired) electrons. The van der Waals surface area contributed by atoms with E-state index < -0.39 is 0 Å². The largest absolute Gasteiger partial charge is 0.493 e. The fourth-order valence-corrected chi connectivity index (χ4v) is 3.85. The number of methoxy groups -OCH3 is 2. The fourth-order valence-electron chi connectivity index (χ4n) is 3.85. The standard InChI is InChI=1S/C19H27NO3/c1-12(2)7-14-11-20-6-5-13-8-18(22-3)19(23-4)9-15(13)16(20)10-17(14)21/h8-9,12,14,16H,5-7,10-11H2,1-4H3/i8D,9D. The highest BCUT2D eigenvalue weighted by Gasteiger charge is 2.38. The van der Waals surface area contributed by atoms with Crippen LogP contribution in [0.25, 0.3) is 0 Å². The monoisotopic (exact) mass is 319 g/mol. The molecule has 0 bridgehead atoms. The van der Waals surface area contributed by atoms with Crippen molar-refractivity contribution >= 4 is 5.78 Å². The summed E-state index contributed by atoms with van der Waals surface area (Å²) in [7, 11) is 2.99. The van der Waals surface area contributed by atoms with E-state index in [1.165, 1.54) is 14.2 Å². The number of carbonyl (C=O) groups is 1. The lowest BCUT2D eigenvalue weighted by atomic mass is 9.80. The van der Waals surface area contributed by atoms with Crippen molar-refractivity contribution in [2.75, 3.05) is 27.3 Å². The van der Waals surface area contributed by atoms with Gasteiger partial charge in [0.25, 0.3) is 0 Å². The molecule has 1 saturated heterocycles. The molecule has 2 unspecified atom stereocenters. The van der Waals surface area contributed by atoms with Gasteiger partial charge >= 0.3 is 0 Å². The third-order valence-electron chi connectivity index (χ3n) is 4.94. The summed E-state index contributed by atoms with van der Waals surface area (Å²) in [6.45, 7) is 5.87. The lowest BCUT2D eigenvalue weighted by Crippen LogP contribution is -2.46. The first kappa shape index (κ1) is 13.8. The van der Waals surface area contributed by atoms with Crippen LogP contribution < -0.4 is 9.47 Å². The smallest absolute Gasteiger partial charge is 0.161 e. The van der Waals surface area contributed by atoms with Gasteiger partial charge in [-0.15, -0.1) is 0 Å². The number of Topliss-reactive ketones (excluding diaryl/α,β-unsaturated/α-hetero) is 1. The van der Waals surface area contributed by atoms with Gasteiger partial charge < -0.3 is 9.47 Å². The van der Waals surface area contributed by atoms with E-state index in [0.717, 1.165) is 30.6 Å². The molecule has 2 heterocycles. The highest BCUT2D eigenvalue weighted by molar-refractivity contribution is 5.83. The van der Waals surface area contributed by atoms with Gasteiger partial charge in [-0.2, -0.15) is 0 Å². The Morgan fingerprint density at radius 1 is 1.30 bits per heavy atom. The Hall–Kier alpha value is -1.55. The minimum absolute atomic E-state index is 0.0857. The number of hydrogen-bond acceptors (Lipinski definition) is 4. The fraction of sp³-hybridized carbons (Fsp3) is 0.632. The van der Waals surface area contributed by atoms with Gasteiger partial charge in [-0.1, -0.05) is 13.8 Å². The van der Waals surface area contributed by atoms with Gasteiger partial charge in [0.1, 0.15) is 5.78 Å². The average molecular weight is 319 g/mol. The molecule has 4 heteroatoms. The highest BCUT2D eigenvalue weighted by atomic mass is 16.5. The van der Waals surface area contributed by atoms with Gasteiger partial charge in [-0.3, -0.25) is 9.69 Å². The van der Waals surface area contributed by atoms with Crippen LogP contribution in [-0.4, -0.2) is 38.0 Å². The molecule has 4 nitrogen and oxygen atoms in total. The normalized spacial score (nSPS) is 25.5. The van der Waals surface area contributed by atoms with E-state index in [2.05, 4.69) is 18.7 Å². The summed E-state index contributed by atoms with van der Waals surface area (Å²) >= 11 is 0. The zero-order chi connectivity index (χ0) is 18.3. The lowest BCUT2D eigenvalue weighted by molar-refractivity contribution is -0.129. The van der Waals surface area contributed by atoms with Gasteiger partial charge in [0.2, 0.25) is 0 Å². The Labute approximate surface area is 141 Å². The van der Waals surface area contributed by atoms with Crippen molar-refractivity contribution in [1.82, 2.24) is 4.90 Å². The molecule has 0 aromatic heterocycles. The predicted octanol–water partition coefficient (Wildman–Crippen LogP) is 3.24. The summed E-state index contributed by atoms with van der Waals surface area (Å²) in [5, 5.41) is 0. The molecule has 0 aliphatic carbocycles. The first-order valence-corrected chi connectivity index (χ1v) is 8.39. The number of ketones is 1. The Balaban J connectivity index is 2.02. The molecule has 1 aromatic carbocycles.